The number of para-hydroxylation sites is 1. The number of ether oxygens (including phenoxy) is 1. The summed E-state index contributed by atoms with van der Waals surface area (Å²) >= 11 is 0. The minimum absolute atomic E-state index is 0.0163. The smallest absolute Gasteiger partial charge is 0.258 e. The molecule has 3 amide bonds. The van der Waals surface area contributed by atoms with Crippen LogP contribution in [0.2, 0.25) is 0 Å². The highest BCUT2D eigenvalue weighted by molar-refractivity contribution is 5.98. The number of nitrogens with zero attached hydrogens (tertiary/aromatic N) is 1. The van der Waals surface area contributed by atoms with E-state index >= 15 is 0 Å². The van der Waals surface area contributed by atoms with Crippen LogP contribution in [0.3, 0.4) is 0 Å². The maximum absolute atomic E-state index is 12.5. The zero-order valence-electron chi connectivity index (χ0n) is 16.0. The van der Waals surface area contributed by atoms with Crippen molar-refractivity contribution in [2.75, 3.05) is 19.6 Å². The van der Waals surface area contributed by atoms with Crippen LogP contribution in [0.15, 0.2) is 47.1 Å². The molecule has 1 saturated heterocycles. The highest BCUT2D eigenvalue weighted by Crippen LogP contribution is 2.33. The van der Waals surface area contributed by atoms with Gasteiger partial charge in [-0.05, 0) is 24.3 Å². The standard InChI is InChI=1S/C21H23N3O5/c25-18(22-11-8-15-4-3-13-28-15)14-24-12-10-21(9-7-19(24)26)23-20(27)16-5-1-2-6-17(16)29-21/h1-6,13H,7-12,14H2,(H,22,25)(H,23,27). The summed E-state index contributed by atoms with van der Waals surface area (Å²) in [6.07, 6.45) is 3.16. The van der Waals surface area contributed by atoms with Crippen molar-refractivity contribution in [1.82, 2.24) is 15.5 Å². The zero-order chi connectivity index (χ0) is 20.3. The van der Waals surface area contributed by atoms with E-state index in [2.05, 4.69) is 10.6 Å². The highest BCUT2D eigenvalue weighted by Gasteiger charge is 2.42. The number of carbonyl (C=O) groups is 3. The van der Waals surface area contributed by atoms with Crippen LogP contribution in [0.4, 0.5) is 0 Å². The van der Waals surface area contributed by atoms with Gasteiger partial charge < -0.3 is 24.7 Å². The first-order chi connectivity index (χ1) is 14.0. The lowest BCUT2D eigenvalue weighted by molar-refractivity contribution is -0.135. The van der Waals surface area contributed by atoms with Gasteiger partial charge in [-0.15, -0.1) is 0 Å². The van der Waals surface area contributed by atoms with E-state index in [0.717, 1.165) is 5.76 Å². The summed E-state index contributed by atoms with van der Waals surface area (Å²) in [5.41, 5.74) is -0.438. The molecule has 1 aromatic heterocycles. The average Bonchev–Trinajstić information content (AvgIpc) is 3.18. The normalized spacial score (nSPS) is 21.2. The number of rotatable bonds is 5. The molecule has 3 heterocycles. The monoisotopic (exact) mass is 397 g/mol. The van der Waals surface area contributed by atoms with Gasteiger partial charge in [0.05, 0.1) is 18.4 Å². The van der Waals surface area contributed by atoms with E-state index in [0.29, 0.717) is 43.7 Å². The molecule has 8 heteroatoms. The molecule has 1 atom stereocenters. The number of fused-ring (bicyclic) bond motifs is 1. The van der Waals surface area contributed by atoms with E-state index in [1.54, 1.807) is 30.5 Å². The van der Waals surface area contributed by atoms with E-state index < -0.39 is 5.72 Å². The van der Waals surface area contributed by atoms with Crippen LogP contribution in [0.25, 0.3) is 0 Å². The van der Waals surface area contributed by atoms with Gasteiger partial charge in [0.25, 0.3) is 5.91 Å². The van der Waals surface area contributed by atoms with Gasteiger partial charge >= 0.3 is 0 Å². The SMILES string of the molecule is O=C(CN1CCC2(CCC1=O)NC(=O)c1ccccc1O2)NCCc1ccco1. The van der Waals surface area contributed by atoms with Crippen molar-refractivity contribution in [3.05, 3.63) is 54.0 Å². The number of furan rings is 1. The van der Waals surface area contributed by atoms with Crippen molar-refractivity contribution in [2.45, 2.75) is 31.4 Å². The topological polar surface area (TPSA) is 101 Å². The summed E-state index contributed by atoms with van der Waals surface area (Å²) in [5.74, 6) is 0.763. The third-order valence-electron chi connectivity index (χ3n) is 5.27. The molecule has 8 nitrogen and oxygen atoms in total. The molecule has 1 unspecified atom stereocenters. The van der Waals surface area contributed by atoms with E-state index in [4.69, 9.17) is 9.15 Å². The largest absolute Gasteiger partial charge is 0.469 e. The molecular weight excluding hydrogens is 374 g/mol. The van der Waals surface area contributed by atoms with Crippen LogP contribution in [-0.2, 0) is 16.0 Å². The van der Waals surface area contributed by atoms with Crippen molar-refractivity contribution in [3.8, 4) is 5.75 Å². The van der Waals surface area contributed by atoms with Crippen LogP contribution < -0.4 is 15.4 Å². The second-order valence-corrected chi connectivity index (χ2v) is 7.29. The number of hydrogen-bond acceptors (Lipinski definition) is 5. The molecule has 1 aromatic carbocycles. The molecule has 0 saturated carbocycles. The molecule has 2 N–H and O–H groups in total. The fourth-order valence-electron chi connectivity index (χ4n) is 3.69. The summed E-state index contributed by atoms with van der Waals surface area (Å²) < 4.78 is 11.3. The predicted molar refractivity (Wildman–Crippen MR) is 103 cm³/mol. The molecule has 1 fully saturated rings. The molecule has 152 valence electrons. The van der Waals surface area contributed by atoms with E-state index in [9.17, 15) is 14.4 Å². The molecule has 2 aromatic rings. The second-order valence-electron chi connectivity index (χ2n) is 7.29. The van der Waals surface area contributed by atoms with Crippen LogP contribution >= 0.6 is 0 Å². The minimum atomic E-state index is -0.925. The molecule has 4 rings (SSSR count). The Hall–Kier alpha value is -3.29. The van der Waals surface area contributed by atoms with E-state index in [1.165, 1.54) is 4.90 Å². The van der Waals surface area contributed by atoms with E-state index in [-0.39, 0.29) is 30.7 Å². The fourth-order valence-corrected chi connectivity index (χ4v) is 3.69. The molecule has 2 aliphatic rings. The van der Waals surface area contributed by atoms with Crippen LogP contribution in [0.1, 0.15) is 35.4 Å². The van der Waals surface area contributed by atoms with Crippen molar-refractivity contribution in [2.24, 2.45) is 0 Å². The molecule has 1 spiro atoms. The van der Waals surface area contributed by atoms with Gasteiger partial charge in [-0.2, -0.15) is 0 Å². The Labute approximate surface area is 168 Å². The van der Waals surface area contributed by atoms with Crippen molar-refractivity contribution in [1.29, 1.82) is 0 Å². The number of benzene rings is 1. The third kappa shape index (κ3) is 4.26. The second kappa shape index (κ2) is 7.98. The Kier molecular flexibility index (Phi) is 5.24. The Balaban J connectivity index is 1.34. The van der Waals surface area contributed by atoms with Gasteiger partial charge in [0.15, 0.2) is 5.72 Å². The zero-order valence-corrected chi connectivity index (χ0v) is 16.0. The minimum Gasteiger partial charge on any atom is -0.469 e. The molecule has 29 heavy (non-hydrogen) atoms. The summed E-state index contributed by atoms with van der Waals surface area (Å²) in [6.45, 7) is 0.749. The number of hydrogen-bond donors (Lipinski definition) is 2. The maximum Gasteiger partial charge on any atom is 0.258 e. The number of amides is 3. The lowest BCUT2D eigenvalue weighted by Crippen LogP contribution is -2.56. The van der Waals surface area contributed by atoms with Crippen molar-refractivity contribution < 1.29 is 23.5 Å². The van der Waals surface area contributed by atoms with Gasteiger partial charge in [0.1, 0.15) is 11.5 Å². The lowest BCUT2D eigenvalue weighted by atomic mass is 10.0. The van der Waals surface area contributed by atoms with Gasteiger partial charge in [-0.3, -0.25) is 14.4 Å². The Bertz CT molecular complexity index is 911. The lowest BCUT2D eigenvalue weighted by Gasteiger charge is -2.38. The number of carbonyl (C=O) groups excluding carboxylic acids is 3. The van der Waals surface area contributed by atoms with Crippen molar-refractivity contribution >= 4 is 17.7 Å². The summed E-state index contributed by atoms with van der Waals surface area (Å²) in [5, 5.41) is 5.73. The average molecular weight is 397 g/mol. The molecule has 0 aliphatic carbocycles. The molecule has 2 aliphatic heterocycles. The third-order valence-corrected chi connectivity index (χ3v) is 5.27. The summed E-state index contributed by atoms with van der Waals surface area (Å²) in [6, 6.07) is 10.7. The number of nitrogens with one attached hydrogen (secondary N) is 2. The van der Waals surface area contributed by atoms with E-state index in [1.807, 2.05) is 12.1 Å². The van der Waals surface area contributed by atoms with Gasteiger partial charge in [0.2, 0.25) is 11.8 Å². The Morgan fingerprint density at radius 1 is 1.17 bits per heavy atom. The summed E-state index contributed by atoms with van der Waals surface area (Å²) in [4.78, 5) is 38.8. The molecule has 0 bridgehead atoms. The first-order valence-electron chi connectivity index (χ1n) is 9.72. The van der Waals surface area contributed by atoms with Crippen LogP contribution in [-0.4, -0.2) is 48.0 Å². The van der Waals surface area contributed by atoms with Gasteiger partial charge in [-0.25, -0.2) is 0 Å². The Morgan fingerprint density at radius 2 is 2.03 bits per heavy atom. The molecular formula is C21H23N3O5. The Morgan fingerprint density at radius 3 is 2.86 bits per heavy atom. The first kappa shape index (κ1) is 19.0. The number of likely N-dealkylation sites (tertiary alicyclic amines) is 1. The first-order valence-corrected chi connectivity index (χ1v) is 9.72. The summed E-state index contributed by atoms with van der Waals surface area (Å²) in [7, 11) is 0. The fraction of sp³-hybridized carbons (Fsp3) is 0.381. The predicted octanol–water partition coefficient (Wildman–Crippen LogP) is 1.47. The quantitative estimate of drug-likeness (QED) is 0.796. The van der Waals surface area contributed by atoms with Gasteiger partial charge in [-0.1, -0.05) is 12.1 Å². The maximum atomic E-state index is 12.5. The van der Waals surface area contributed by atoms with Gasteiger partial charge in [0, 0.05) is 38.8 Å². The highest BCUT2D eigenvalue weighted by atomic mass is 16.5. The molecule has 0 radical (unpaired) electrons. The van der Waals surface area contributed by atoms with Crippen molar-refractivity contribution in [3.63, 3.8) is 0 Å². The van der Waals surface area contributed by atoms with Crippen LogP contribution in [0, 0.1) is 0 Å². The van der Waals surface area contributed by atoms with Crippen LogP contribution in [0.5, 0.6) is 5.75 Å².